The van der Waals surface area contributed by atoms with E-state index in [-0.39, 0.29) is 5.91 Å². The molecule has 0 bridgehead atoms. The van der Waals surface area contributed by atoms with E-state index in [1.54, 1.807) is 56.9 Å². The number of pyridine rings is 1. The lowest BCUT2D eigenvalue weighted by molar-refractivity contribution is 0.0994. The van der Waals surface area contributed by atoms with Gasteiger partial charge in [0.25, 0.3) is 5.91 Å². The number of anilines is 2. The first kappa shape index (κ1) is 12.9. The van der Waals surface area contributed by atoms with Crippen molar-refractivity contribution in [3.8, 4) is 5.75 Å². The Morgan fingerprint density at radius 1 is 1.26 bits per heavy atom. The Labute approximate surface area is 111 Å². The minimum Gasteiger partial charge on any atom is -0.497 e. The second kappa shape index (κ2) is 5.39. The first-order chi connectivity index (χ1) is 9.13. The van der Waals surface area contributed by atoms with Gasteiger partial charge in [-0.1, -0.05) is 0 Å². The zero-order chi connectivity index (χ0) is 13.8. The van der Waals surface area contributed by atoms with Crippen molar-refractivity contribution in [3.05, 3.63) is 48.3 Å². The van der Waals surface area contributed by atoms with Crippen LogP contribution in [0.1, 0.15) is 10.4 Å². The van der Waals surface area contributed by atoms with E-state index in [2.05, 4.69) is 4.98 Å². The van der Waals surface area contributed by atoms with Crippen LogP contribution in [0.4, 0.5) is 11.4 Å². The summed E-state index contributed by atoms with van der Waals surface area (Å²) in [6.07, 6.45) is 3.27. The van der Waals surface area contributed by atoms with Crippen molar-refractivity contribution in [1.29, 1.82) is 0 Å². The van der Waals surface area contributed by atoms with E-state index >= 15 is 0 Å². The van der Waals surface area contributed by atoms with Gasteiger partial charge in [0.1, 0.15) is 5.75 Å². The van der Waals surface area contributed by atoms with Gasteiger partial charge in [-0.3, -0.25) is 9.78 Å². The largest absolute Gasteiger partial charge is 0.497 e. The van der Waals surface area contributed by atoms with Crippen LogP contribution in [-0.4, -0.2) is 25.0 Å². The predicted octanol–water partition coefficient (Wildman–Crippen LogP) is 1.95. The fourth-order valence-electron chi connectivity index (χ4n) is 1.73. The Morgan fingerprint density at radius 2 is 1.95 bits per heavy atom. The van der Waals surface area contributed by atoms with E-state index in [4.69, 9.17) is 10.5 Å². The number of aromatic nitrogens is 1. The van der Waals surface area contributed by atoms with E-state index in [0.29, 0.717) is 17.0 Å². The van der Waals surface area contributed by atoms with Gasteiger partial charge < -0.3 is 15.4 Å². The van der Waals surface area contributed by atoms with Gasteiger partial charge in [0.15, 0.2) is 0 Å². The molecule has 1 aromatic heterocycles. The number of ether oxygens (including phenoxy) is 1. The average molecular weight is 257 g/mol. The Hall–Kier alpha value is -2.56. The third-order valence-electron chi connectivity index (χ3n) is 2.84. The molecule has 0 radical (unpaired) electrons. The molecule has 19 heavy (non-hydrogen) atoms. The third kappa shape index (κ3) is 2.65. The Bertz CT molecular complexity index is 584. The molecule has 0 atom stereocenters. The van der Waals surface area contributed by atoms with Gasteiger partial charge in [-0.05, 0) is 24.3 Å². The molecule has 2 N–H and O–H groups in total. The fraction of sp³-hybridized carbons (Fsp3) is 0.143. The summed E-state index contributed by atoms with van der Waals surface area (Å²) < 4.78 is 5.06. The topological polar surface area (TPSA) is 68.5 Å². The number of methoxy groups -OCH3 is 1. The lowest BCUT2D eigenvalue weighted by Crippen LogP contribution is -2.27. The molecular weight excluding hydrogens is 242 g/mol. The number of carbonyl (C=O) groups is 1. The minimum atomic E-state index is -0.175. The number of rotatable bonds is 3. The lowest BCUT2D eigenvalue weighted by Gasteiger charge is -2.18. The quantitative estimate of drug-likeness (QED) is 0.853. The van der Waals surface area contributed by atoms with Gasteiger partial charge in [-0.15, -0.1) is 0 Å². The monoisotopic (exact) mass is 257 g/mol. The number of carbonyl (C=O) groups excluding carboxylic acids is 1. The maximum atomic E-state index is 12.4. The Morgan fingerprint density at radius 3 is 2.53 bits per heavy atom. The highest BCUT2D eigenvalue weighted by molar-refractivity contribution is 6.09. The molecule has 1 amide bonds. The molecule has 0 saturated heterocycles. The van der Waals surface area contributed by atoms with Crippen molar-refractivity contribution in [3.63, 3.8) is 0 Å². The number of hydrogen-bond donors (Lipinski definition) is 1. The highest BCUT2D eigenvalue weighted by Crippen LogP contribution is 2.22. The lowest BCUT2D eigenvalue weighted by atomic mass is 10.1. The molecular formula is C14H15N3O2. The van der Waals surface area contributed by atoms with Gasteiger partial charge >= 0.3 is 0 Å². The van der Waals surface area contributed by atoms with Crippen LogP contribution in [-0.2, 0) is 0 Å². The van der Waals surface area contributed by atoms with Crippen molar-refractivity contribution in [2.75, 3.05) is 24.8 Å². The summed E-state index contributed by atoms with van der Waals surface area (Å²) in [5, 5.41) is 0. The van der Waals surface area contributed by atoms with Crippen molar-refractivity contribution in [1.82, 2.24) is 4.98 Å². The van der Waals surface area contributed by atoms with E-state index in [9.17, 15) is 4.79 Å². The molecule has 0 fully saturated rings. The van der Waals surface area contributed by atoms with Crippen molar-refractivity contribution >= 4 is 17.3 Å². The van der Waals surface area contributed by atoms with E-state index in [1.165, 1.54) is 4.90 Å². The summed E-state index contributed by atoms with van der Waals surface area (Å²) in [6.45, 7) is 0. The van der Waals surface area contributed by atoms with Crippen LogP contribution >= 0.6 is 0 Å². The van der Waals surface area contributed by atoms with E-state index in [0.717, 1.165) is 5.69 Å². The molecule has 2 aromatic rings. The van der Waals surface area contributed by atoms with Gasteiger partial charge in [0.2, 0.25) is 0 Å². The number of nitrogen functional groups attached to an aromatic ring is 1. The van der Waals surface area contributed by atoms with Gasteiger partial charge in [-0.25, -0.2) is 0 Å². The van der Waals surface area contributed by atoms with Gasteiger partial charge in [0.05, 0.1) is 12.7 Å². The first-order valence-corrected chi connectivity index (χ1v) is 5.75. The smallest absolute Gasteiger partial charge is 0.260 e. The number of nitrogens with zero attached hydrogens (tertiary/aromatic N) is 2. The molecule has 5 heteroatoms. The van der Waals surface area contributed by atoms with Crippen molar-refractivity contribution in [2.24, 2.45) is 0 Å². The molecule has 0 saturated carbocycles. The first-order valence-electron chi connectivity index (χ1n) is 5.75. The molecule has 0 aliphatic carbocycles. The summed E-state index contributed by atoms with van der Waals surface area (Å²) in [7, 11) is 3.25. The summed E-state index contributed by atoms with van der Waals surface area (Å²) in [5.41, 5.74) is 7.47. The minimum absolute atomic E-state index is 0.175. The van der Waals surface area contributed by atoms with Crippen LogP contribution in [0.5, 0.6) is 5.75 Å². The summed E-state index contributed by atoms with van der Waals surface area (Å²) in [5.74, 6) is 0.451. The van der Waals surface area contributed by atoms with Crippen LogP contribution < -0.4 is 15.4 Å². The molecule has 0 aliphatic heterocycles. The predicted molar refractivity (Wildman–Crippen MR) is 74.4 cm³/mol. The van der Waals surface area contributed by atoms with Crippen LogP contribution in [0.15, 0.2) is 42.7 Å². The number of nitrogens with two attached hydrogens (primary N) is 1. The molecule has 5 nitrogen and oxygen atoms in total. The summed E-state index contributed by atoms with van der Waals surface area (Å²) in [4.78, 5) is 17.8. The second-order valence-electron chi connectivity index (χ2n) is 4.02. The number of benzene rings is 1. The highest BCUT2D eigenvalue weighted by Gasteiger charge is 2.16. The normalized spacial score (nSPS) is 10.0. The summed E-state index contributed by atoms with van der Waals surface area (Å²) >= 11 is 0. The average Bonchev–Trinajstić information content (AvgIpc) is 2.46. The molecule has 0 spiro atoms. The Kier molecular flexibility index (Phi) is 3.66. The number of amides is 1. The molecule has 0 aliphatic rings. The Balaban J connectivity index is 2.29. The molecule has 0 unspecified atom stereocenters. The van der Waals surface area contributed by atoms with Crippen LogP contribution in [0.25, 0.3) is 0 Å². The fourth-order valence-corrected chi connectivity index (χ4v) is 1.73. The molecule has 98 valence electrons. The van der Waals surface area contributed by atoms with Crippen molar-refractivity contribution < 1.29 is 9.53 Å². The third-order valence-corrected chi connectivity index (χ3v) is 2.84. The second-order valence-corrected chi connectivity index (χ2v) is 4.02. The van der Waals surface area contributed by atoms with Crippen LogP contribution in [0.2, 0.25) is 0 Å². The van der Waals surface area contributed by atoms with E-state index in [1.807, 2.05) is 0 Å². The highest BCUT2D eigenvalue weighted by atomic mass is 16.5. The van der Waals surface area contributed by atoms with E-state index < -0.39 is 0 Å². The SMILES string of the molecule is COc1ccc(C(=O)N(C)c2ccncc2)c(N)c1. The number of hydrogen-bond acceptors (Lipinski definition) is 4. The maximum Gasteiger partial charge on any atom is 0.260 e. The molecule has 2 rings (SSSR count). The molecule has 1 heterocycles. The van der Waals surface area contributed by atoms with Crippen LogP contribution in [0, 0.1) is 0 Å². The van der Waals surface area contributed by atoms with Crippen molar-refractivity contribution in [2.45, 2.75) is 0 Å². The zero-order valence-corrected chi connectivity index (χ0v) is 10.8. The van der Waals surface area contributed by atoms with Gasteiger partial charge in [-0.2, -0.15) is 0 Å². The summed E-state index contributed by atoms with van der Waals surface area (Å²) in [6, 6.07) is 8.53. The zero-order valence-electron chi connectivity index (χ0n) is 10.8. The maximum absolute atomic E-state index is 12.4. The van der Waals surface area contributed by atoms with Crippen LogP contribution in [0.3, 0.4) is 0 Å². The van der Waals surface area contributed by atoms with Gasteiger partial charge in [0, 0.05) is 36.9 Å². The molecule has 1 aromatic carbocycles. The standard InChI is InChI=1S/C14H15N3O2/c1-17(10-5-7-16-8-6-10)14(18)12-4-3-11(19-2)9-13(12)15/h3-9H,15H2,1-2H3.